The number of nitrogens with one attached hydrogen (secondary N) is 1. The molecule has 0 bridgehead atoms. The van der Waals surface area contributed by atoms with E-state index in [1.54, 1.807) is 23.9 Å². The molecule has 35 heavy (non-hydrogen) atoms. The van der Waals surface area contributed by atoms with Gasteiger partial charge in [0.2, 0.25) is 5.13 Å². The molecule has 0 aliphatic carbocycles. The van der Waals surface area contributed by atoms with Crippen LogP contribution in [0.15, 0.2) is 79.1 Å². The van der Waals surface area contributed by atoms with Crippen molar-refractivity contribution in [3.8, 4) is 22.1 Å². The first-order valence-corrected chi connectivity index (χ1v) is 11.8. The highest BCUT2D eigenvalue weighted by molar-refractivity contribution is 7.20. The molecule has 0 saturated carbocycles. The number of methoxy groups -OCH3 is 1. The first-order valence-electron chi connectivity index (χ1n) is 10.9. The van der Waals surface area contributed by atoms with E-state index < -0.39 is 0 Å². The monoisotopic (exact) mass is 480 g/mol. The number of carbonyl (C=O) groups is 1. The number of ether oxygens (including phenoxy) is 1. The van der Waals surface area contributed by atoms with E-state index in [0.29, 0.717) is 22.2 Å². The fraction of sp³-hybridized carbons (Fsp3) is 0.0769. The van der Waals surface area contributed by atoms with Crippen molar-refractivity contribution in [3.63, 3.8) is 0 Å². The van der Waals surface area contributed by atoms with Crippen LogP contribution in [-0.2, 0) is 0 Å². The molecule has 6 rings (SSSR count). The van der Waals surface area contributed by atoms with Gasteiger partial charge in [-0.05, 0) is 37.3 Å². The summed E-state index contributed by atoms with van der Waals surface area (Å²) in [6.45, 7) is 1.88. The number of amides is 1. The SMILES string of the molecule is COc1ccc2nc(-n3nc(C)cc3NC(=O)c3ccn4cc(-c5ccccc5)nc4c3)sc2c1. The molecule has 0 spiro atoms. The number of thiazole rings is 1. The molecule has 0 saturated heterocycles. The molecule has 8 nitrogen and oxygen atoms in total. The van der Waals surface area contributed by atoms with Crippen molar-refractivity contribution in [1.82, 2.24) is 24.1 Å². The molecule has 0 fully saturated rings. The Balaban J connectivity index is 1.30. The summed E-state index contributed by atoms with van der Waals surface area (Å²) in [4.78, 5) is 22.5. The Hall–Kier alpha value is -4.50. The summed E-state index contributed by atoms with van der Waals surface area (Å²) >= 11 is 1.48. The maximum Gasteiger partial charge on any atom is 0.257 e. The van der Waals surface area contributed by atoms with Crippen molar-refractivity contribution < 1.29 is 9.53 Å². The second kappa shape index (κ2) is 8.37. The molecule has 0 radical (unpaired) electrons. The third-order valence-electron chi connectivity index (χ3n) is 5.63. The van der Waals surface area contributed by atoms with Gasteiger partial charge in [0.1, 0.15) is 17.2 Å². The predicted molar refractivity (Wildman–Crippen MR) is 137 cm³/mol. The minimum atomic E-state index is -0.249. The summed E-state index contributed by atoms with van der Waals surface area (Å²) in [6.07, 6.45) is 3.79. The first kappa shape index (κ1) is 21.1. The number of anilines is 1. The Morgan fingerprint density at radius 2 is 1.89 bits per heavy atom. The van der Waals surface area contributed by atoms with E-state index in [-0.39, 0.29) is 5.91 Å². The van der Waals surface area contributed by atoms with Gasteiger partial charge in [0, 0.05) is 29.6 Å². The van der Waals surface area contributed by atoms with Crippen LogP contribution in [0.2, 0.25) is 0 Å². The largest absolute Gasteiger partial charge is 0.497 e. The van der Waals surface area contributed by atoms with Crippen LogP contribution in [0.1, 0.15) is 16.1 Å². The molecule has 4 heterocycles. The van der Waals surface area contributed by atoms with E-state index in [1.807, 2.05) is 78.3 Å². The zero-order chi connectivity index (χ0) is 23.9. The van der Waals surface area contributed by atoms with Gasteiger partial charge in [0.25, 0.3) is 5.91 Å². The van der Waals surface area contributed by atoms with E-state index in [1.165, 1.54) is 11.3 Å². The molecule has 0 unspecified atom stereocenters. The van der Waals surface area contributed by atoms with Crippen molar-refractivity contribution in [1.29, 1.82) is 0 Å². The third kappa shape index (κ3) is 3.91. The summed E-state index contributed by atoms with van der Waals surface area (Å²) in [5, 5.41) is 8.20. The number of imidazole rings is 1. The number of hydrogen-bond donors (Lipinski definition) is 1. The van der Waals surface area contributed by atoms with Gasteiger partial charge >= 0.3 is 0 Å². The Bertz CT molecular complexity index is 1700. The molecular weight excluding hydrogens is 460 g/mol. The minimum Gasteiger partial charge on any atom is -0.497 e. The fourth-order valence-corrected chi connectivity index (χ4v) is 4.86. The second-order valence-electron chi connectivity index (χ2n) is 8.04. The van der Waals surface area contributed by atoms with E-state index in [4.69, 9.17) is 4.74 Å². The Labute approximate surface area is 204 Å². The molecule has 1 amide bonds. The van der Waals surface area contributed by atoms with Crippen molar-refractivity contribution in [2.45, 2.75) is 6.92 Å². The lowest BCUT2D eigenvalue weighted by atomic mass is 10.2. The smallest absolute Gasteiger partial charge is 0.257 e. The maximum atomic E-state index is 13.2. The van der Waals surface area contributed by atoms with Crippen LogP contribution in [0.5, 0.6) is 5.75 Å². The summed E-state index contributed by atoms with van der Waals surface area (Å²) in [6, 6.07) is 21.0. The highest BCUT2D eigenvalue weighted by Crippen LogP contribution is 2.30. The molecular formula is C26H20N6O2S. The van der Waals surface area contributed by atoms with Crippen LogP contribution in [-0.4, -0.2) is 37.2 Å². The molecule has 0 atom stereocenters. The fourth-order valence-electron chi connectivity index (χ4n) is 3.90. The van der Waals surface area contributed by atoms with Gasteiger partial charge in [-0.1, -0.05) is 41.7 Å². The molecule has 1 N–H and O–H groups in total. The summed E-state index contributed by atoms with van der Waals surface area (Å²) in [5.41, 5.74) is 4.69. The normalized spacial score (nSPS) is 11.3. The molecule has 6 aromatic rings. The molecule has 9 heteroatoms. The van der Waals surface area contributed by atoms with Gasteiger partial charge < -0.3 is 14.5 Å². The van der Waals surface area contributed by atoms with Crippen LogP contribution < -0.4 is 10.1 Å². The van der Waals surface area contributed by atoms with E-state index in [9.17, 15) is 4.79 Å². The van der Waals surface area contributed by atoms with Gasteiger partial charge in [-0.15, -0.1) is 0 Å². The highest BCUT2D eigenvalue weighted by atomic mass is 32.1. The van der Waals surface area contributed by atoms with Crippen molar-refractivity contribution in [2.75, 3.05) is 12.4 Å². The van der Waals surface area contributed by atoms with Crippen LogP contribution in [0, 0.1) is 6.92 Å². The number of aromatic nitrogens is 5. The van der Waals surface area contributed by atoms with Crippen molar-refractivity contribution in [2.24, 2.45) is 0 Å². The number of pyridine rings is 1. The van der Waals surface area contributed by atoms with Crippen LogP contribution in [0.3, 0.4) is 0 Å². The van der Waals surface area contributed by atoms with Crippen LogP contribution >= 0.6 is 11.3 Å². The maximum absolute atomic E-state index is 13.2. The zero-order valence-corrected chi connectivity index (χ0v) is 19.8. The first-order chi connectivity index (χ1) is 17.1. The molecule has 0 aliphatic heterocycles. The highest BCUT2D eigenvalue weighted by Gasteiger charge is 2.16. The number of fused-ring (bicyclic) bond motifs is 2. The lowest BCUT2D eigenvalue weighted by molar-refractivity contribution is 0.102. The van der Waals surface area contributed by atoms with Gasteiger partial charge in [-0.3, -0.25) is 4.79 Å². The predicted octanol–water partition coefficient (Wildman–Crippen LogP) is 5.37. The average molecular weight is 481 g/mol. The van der Waals surface area contributed by atoms with Crippen LogP contribution in [0.25, 0.3) is 32.3 Å². The van der Waals surface area contributed by atoms with Crippen molar-refractivity contribution in [3.05, 3.63) is 90.4 Å². The standard InChI is InChI=1S/C26H20N6O2S/c1-16-12-24(32(30-16)26-28-20-9-8-19(34-2)14-22(20)35-26)29-25(33)18-10-11-31-15-21(27-23(31)13-18)17-6-4-3-5-7-17/h3-15H,1-2H3,(H,29,33). The zero-order valence-electron chi connectivity index (χ0n) is 19.0. The molecule has 172 valence electrons. The number of nitrogens with zero attached hydrogens (tertiary/aromatic N) is 5. The number of carbonyl (C=O) groups excluding carboxylic acids is 1. The third-order valence-corrected chi connectivity index (χ3v) is 6.62. The van der Waals surface area contributed by atoms with Gasteiger partial charge in [-0.25, -0.2) is 9.97 Å². The van der Waals surface area contributed by atoms with Crippen LogP contribution in [0.4, 0.5) is 5.82 Å². The molecule has 4 aromatic heterocycles. The topological polar surface area (TPSA) is 86.3 Å². The number of aryl methyl sites for hydroxylation is 1. The van der Waals surface area contributed by atoms with Gasteiger partial charge in [0.05, 0.1) is 28.7 Å². The summed E-state index contributed by atoms with van der Waals surface area (Å²) in [5.74, 6) is 1.06. The minimum absolute atomic E-state index is 0.249. The Morgan fingerprint density at radius 1 is 1.03 bits per heavy atom. The second-order valence-corrected chi connectivity index (χ2v) is 9.05. The Kier molecular flexibility index (Phi) is 5.04. The number of hydrogen-bond acceptors (Lipinski definition) is 6. The van der Waals surface area contributed by atoms with Crippen molar-refractivity contribution >= 4 is 38.9 Å². The lowest BCUT2D eigenvalue weighted by Gasteiger charge is -2.07. The lowest BCUT2D eigenvalue weighted by Crippen LogP contribution is -2.15. The van der Waals surface area contributed by atoms with Gasteiger partial charge in [0.15, 0.2) is 0 Å². The number of benzene rings is 2. The molecule has 2 aromatic carbocycles. The average Bonchev–Trinajstić information content (AvgIpc) is 3.59. The summed E-state index contributed by atoms with van der Waals surface area (Å²) in [7, 11) is 1.64. The summed E-state index contributed by atoms with van der Waals surface area (Å²) < 4.78 is 9.86. The molecule has 0 aliphatic rings. The van der Waals surface area contributed by atoms with E-state index in [0.717, 1.165) is 32.9 Å². The quantitative estimate of drug-likeness (QED) is 0.359. The van der Waals surface area contributed by atoms with E-state index in [2.05, 4.69) is 20.4 Å². The number of rotatable bonds is 5. The Morgan fingerprint density at radius 3 is 2.71 bits per heavy atom. The van der Waals surface area contributed by atoms with E-state index >= 15 is 0 Å². The van der Waals surface area contributed by atoms with Gasteiger partial charge in [-0.2, -0.15) is 9.78 Å².